The number of aromatic nitrogens is 1. The van der Waals surface area contributed by atoms with Crippen LogP contribution < -0.4 is 0 Å². The highest BCUT2D eigenvalue weighted by Crippen LogP contribution is 2.45. The summed E-state index contributed by atoms with van der Waals surface area (Å²) in [5.74, 6) is 0. The van der Waals surface area contributed by atoms with Crippen LogP contribution in [-0.4, -0.2) is 4.57 Å². The minimum absolute atomic E-state index is 1.17. The molecule has 1 heteroatoms. The van der Waals surface area contributed by atoms with E-state index in [1.54, 1.807) is 0 Å². The summed E-state index contributed by atoms with van der Waals surface area (Å²) in [7, 11) is 0. The van der Waals surface area contributed by atoms with Crippen molar-refractivity contribution in [2.24, 2.45) is 0 Å². The van der Waals surface area contributed by atoms with Gasteiger partial charge in [0.1, 0.15) is 0 Å². The van der Waals surface area contributed by atoms with E-state index in [-0.39, 0.29) is 0 Å². The van der Waals surface area contributed by atoms with Crippen molar-refractivity contribution in [3.63, 3.8) is 0 Å². The summed E-state index contributed by atoms with van der Waals surface area (Å²) in [6, 6.07) is 51.8. The highest BCUT2D eigenvalue weighted by Gasteiger charge is 2.18. The Morgan fingerprint density at radius 3 is 1.63 bits per heavy atom. The van der Waals surface area contributed by atoms with Crippen LogP contribution in [0.15, 0.2) is 140 Å². The molecule has 0 bridgehead atoms. The molecule has 0 saturated carbocycles. The second-order valence-corrected chi connectivity index (χ2v) is 11.9. The molecular weight excluding hydrogens is 518 g/mol. The molecule has 0 amide bonds. The van der Waals surface area contributed by atoms with E-state index in [0.717, 1.165) is 0 Å². The molecule has 9 aromatic rings. The van der Waals surface area contributed by atoms with Gasteiger partial charge in [-0.25, -0.2) is 0 Å². The van der Waals surface area contributed by atoms with Gasteiger partial charge < -0.3 is 4.57 Å². The van der Waals surface area contributed by atoms with E-state index in [4.69, 9.17) is 0 Å². The average molecular weight is 548 g/mol. The number of aryl methyl sites for hydroxylation is 2. The molecule has 202 valence electrons. The van der Waals surface area contributed by atoms with Crippen LogP contribution in [0.5, 0.6) is 0 Å². The lowest BCUT2D eigenvalue weighted by molar-refractivity contribution is 1.18. The normalized spacial score (nSPS) is 12.0. The second kappa shape index (κ2) is 9.05. The number of benzene rings is 8. The smallest absolute Gasteiger partial charge is 0.0541 e. The molecule has 0 unspecified atom stereocenters. The fourth-order valence-electron chi connectivity index (χ4n) is 7.33. The zero-order valence-corrected chi connectivity index (χ0v) is 24.2. The molecule has 0 aliphatic rings. The van der Waals surface area contributed by atoms with Gasteiger partial charge >= 0.3 is 0 Å². The van der Waals surface area contributed by atoms with Gasteiger partial charge in [0.25, 0.3) is 0 Å². The fourth-order valence-corrected chi connectivity index (χ4v) is 7.33. The minimum Gasteiger partial charge on any atom is -0.309 e. The number of hydrogen-bond donors (Lipinski definition) is 0. The van der Waals surface area contributed by atoms with Crippen molar-refractivity contribution in [3.05, 3.63) is 151 Å². The number of para-hydroxylation sites is 2. The molecule has 8 aromatic carbocycles. The molecule has 0 spiro atoms. The Hall–Kier alpha value is -5.40. The molecule has 43 heavy (non-hydrogen) atoms. The zero-order chi connectivity index (χ0) is 28.7. The molecule has 0 fully saturated rings. The Balaban J connectivity index is 1.38. The van der Waals surface area contributed by atoms with Gasteiger partial charge in [-0.05, 0) is 98.4 Å². The second-order valence-electron chi connectivity index (χ2n) is 11.9. The summed E-state index contributed by atoms with van der Waals surface area (Å²) < 4.78 is 2.39. The van der Waals surface area contributed by atoms with E-state index in [1.165, 1.54) is 92.8 Å². The van der Waals surface area contributed by atoms with Gasteiger partial charge in [0.2, 0.25) is 0 Å². The third kappa shape index (κ3) is 3.52. The van der Waals surface area contributed by atoms with E-state index in [0.29, 0.717) is 0 Å². The first-order chi connectivity index (χ1) is 21.2. The third-order valence-corrected chi connectivity index (χ3v) is 9.24. The first-order valence-electron chi connectivity index (χ1n) is 15.0. The Morgan fingerprint density at radius 2 is 0.953 bits per heavy atom. The first-order valence-corrected chi connectivity index (χ1v) is 15.0. The number of nitrogens with zero attached hydrogens (tertiary/aromatic N) is 1. The van der Waals surface area contributed by atoms with Crippen LogP contribution in [0.2, 0.25) is 0 Å². The predicted molar refractivity (Wildman–Crippen MR) is 186 cm³/mol. The van der Waals surface area contributed by atoms with E-state index in [1.807, 2.05) is 0 Å². The van der Waals surface area contributed by atoms with Crippen molar-refractivity contribution in [1.82, 2.24) is 4.57 Å². The van der Waals surface area contributed by atoms with Crippen LogP contribution in [0, 0.1) is 13.8 Å². The van der Waals surface area contributed by atoms with Crippen molar-refractivity contribution < 1.29 is 0 Å². The van der Waals surface area contributed by atoms with Crippen LogP contribution in [0.25, 0.3) is 81.7 Å². The Labute approximate surface area is 250 Å². The molecule has 0 saturated heterocycles. The van der Waals surface area contributed by atoms with Crippen LogP contribution >= 0.6 is 0 Å². The molecule has 0 aliphatic carbocycles. The van der Waals surface area contributed by atoms with Gasteiger partial charge in [0.05, 0.1) is 11.0 Å². The summed E-state index contributed by atoms with van der Waals surface area (Å²) in [4.78, 5) is 0. The van der Waals surface area contributed by atoms with Crippen molar-refractivity contribution >= 4 is 64.9 Å². The highest BCUT2D eigenvalue weighted by molar-refractivity contribution is 6.32. The van der Waals surface area contributed by atoms with Crippen molar-refractivity contribution in [1.29, 1.82) is 0 Å². The van der Waals surface area contributed by atoms with E-state index < -0.39 is 0 Å². The Morgan fingerprint density at radius 1 is 0.395 bits per heavy atom. The highest BCUT2D eigenvalue weighted by atomic mass is 15.0. The SMILES string of the molecule is Cc1ccc2c(c1)c1cc(C)ccc1c1c(-c3ccc(-n4c5ccccc5c5ccccc54)cc3)c3ccccc3cc21. The first kappa shape index (κ1) is 24.2. The Kier molecular flexibility index (Phi) is 5.10. The van der Waals surface area contributed by atoms with Gasteiger partial charge in [0.15, 0.2) is 0 Å². The number of hydrogen-bond acceptors (Lipinski definition) is 0. The molecule has 0 radical (unpaired) electrons. The summed E-state index contributed by atoms with van der Waals surface area (Å²) >= 11 is 0. The van der Waals surface area contributed by atoms with E-state index >= 15 is 0 Å². The molecule has 0 N–H and O–H groups in total. The predicted octanol–water partition coefficient (Wildman–Crippen LogP) is 11.7. The van der Waals surface area contributed by atoms with Gasteiger partial charge in [-0.15, -0.1) is 0 Å². The summed E-state index contributed by atoms with van der Waals surface area (Å²) in [5.41, 5.74) is 8.75. The van der Waals surface area contributed by atoms with Crippen LogP contribution in [0.4, 0.5) is 0 Å². The maximum absolute atomic E-state index is 2.40. The quantitative estimate of drug-likeness (QED) is 0.150. The maximum Gasteiger partial charge on any atom is 0.0541 e. The van der Waals surface area contributed by atoms with Gasteiger partial charge in [-0.1, -0.05) is 120 Å². The van der Waals surface area contributed by atoms with Gasteiger partial charge in [-0.3, -0.25) is 0 Å². The average Bonchev–Trinajstić information content (AvgIpc) is 3.38. The minimum atomic E-state index is 1.17. The van der Waals surface area contributed by atoms with Crippen molar-refractivity contribution in [3.8, 4) is 16.8 Å². The largest absolute Gasteiger partial charge is 0.309 e. The molecule has 1 heterocycles. The zero-order valence-electron chi connectivity index (χ0n) is 24.2. The molecular formula is C42H29N. The fraction of sp³-hybridized carbons (Fsp3) is 0.0476. The maximum atomic E-state index is 2.40. The molecule has 1 aromatic heterocycles. The van der Waals surface area contributed by atoms with E-state index in [2.05, 4.69) is 158 Å². The van der Waals surface area contributed by atoms with E-state index in [9.17, 15) is 0 Å². The molecule has 0 atom stereocenters. The summed E-state index contributed by atoms with van der Waals surface area (Å²) in [5, 5.41) is 13.0. The van der Waals surface area contributed by atoms with Crippen LogP contribution in [-0.2, 0) is 0 Å². The number of fused-ring (bicyclic) bond motifs is 10. The lowest BCUT2D eigenvalue weighted by Crippen LogP contribution is -1.94. The lowest BCUT2D eigenvalue weighted by Gasteiger charge is -2.18. The van der Waals surface area contributed by atoms with Crippen LogP contribution in [0.1, 0.15) is 11.1 Å². The Bertz CT molecular complexity index is 2510. The molecule has 0 aliphatic heterocycles. The van der Waals surface area contributed by atoms with Crippen molar-refractivity contribution in [2.45, 2.75) is 13.8 Å². The van der Waals surface area contributed by atoms with Gasteiger partial charge in [0, 0.05) is 16.5 Å². The topological polar surface area (TPSA) is 4.93 Å². The van der Waals surface area contributed by atoms with Crippen molar-refractivity contribution in [2.75, 3.05) is 0 Å². The number of rotatable bonds is 2. The molecule has 1 nitrogen and oxygen atoms in total. The van der Waals surface area contributed by atoms with Crippen LogP contribution in [0.3, 0.4) is 0 Å². The third-order valence-electron chi connectivity index (χ3n) is 9.24. The summed E-state index contributed by atoms with van der Waals surface area (Å²) in [6.45, 7) is 4.38. The monoisotopic (exact) mass is 547 g/mol. The lowest BCUT2D eigenvalue weighted by atomic mass is 9.85. The standard InChI is InChI=1S/C42H29N/c1-26-15-21-32-36(23-26)37-24-27(2)16-22-35(37)42-38(32)25-29-9-3-4-10-31(29)41(42)28-17-19-30(20-18-28)43-39-13-7-5-11-33(39)34-12-6-8-14-40(34)43/h3-25H,1-2H3. The molecule has 9 rings (SSSR count). The summed E-state index contributed by atoms with van der Waals surface area (Å²) in [6.07, 6.45) is 0. The van der Waals surface area contributed by atoms with Gasteiger partial charge in [-0.2, -0.15) is 0 Å².